The molecule has 0 fully saturated rings. The van der Waals surface area contributed by atoms with E-state index in [1.807, 2.05) is 0 Å². The first-order valence-electron chi connectivity index (χ1n) is 5.53. The molecule has 0 saturated heterocycles. The summed E-state index contributed by atoms with van der Waals surface area (Å²) in [5.74, 6) is -0.390. The van der Waals surface area contributed by atoms with E-state index in [0.717, 1.165) is 5.56 Å². The molecule has 6 heteroatoms. The maximum Gasteiger partial charge on any atom is 0.250 e. The Bertz CT molecular complexity index is 600. The van der Waals surface area contributed by atoms with Crippen molar-refractivity contribution >= 4 is 23.8 Å². The van der Waals surface area contributed by atoms with Gasteiger partial charge in [-0.05, 0) is 23.8 Å². The van der Waals surface area contributed by atoms with Gasteiger partial charge in [0.25, 0.3) is 5.91 Å². The predicted octanol–water partition coefficient (Wildman–Crippen LogP) is 1.16. The molecule has 2 rings (SSSR count). The molecule has 0 aliphatic heterocycles. The Kier molecular flexibility index (Phi) is 3.72. The monoisotopic (exact) mass is 256 g/mol. The molecule has 1 aromatic carbocycles. The molecule has 1 aromatic heterocycles. The number of imidazole rings is 1. The topological polar surface area (TPSA) is 101 Å². The first-order valence-corrected chi connectivity index (χ1v) is 5.53. The average molecular weight is 256 g/mol. The minimum absolute atomic E-state index is 0.297. The fourth-order valence-electron chi connectivity index (χ4n) is 1.42. The number of aromatic nitrogens is 2. The highest BCUT2D eigenvalue weighted by Crippen LogP contribution is 2.06. The summed E-state index contributed by atoms with van der Waals surface area (Å²) in [4.78, 5) is 29.0. The molecular formula is C13H12N4O2. The fraction of sp³-hybridized carbons (Fsp3) is 0. The van der Waals surface area contributed by atoms with Crippen LogP contribution in [0.15, 0.2) is 42.7 Å². The van der Waals surface area contributed by atoms with Crippen LogP contribution in [-0.4, -0.2) is 21.8 Å². The summed E-state index contributed by atoms with van der Waals surface area (Å²) in [6, 6.07) is 6.62. The Balaban J connectivity index is 1.98. The molecule has 0 unspecified atom stereocenters. The van der Waals surface area contributed by atoms with Gasteiger partial charge in [0, 0.05) is 24.0 Å². The largest absolute Gasteiger partial charge is 0.366 e. The number of anilines is 1. The predicted molar refractivity (Wildman–Crippen MR) is 71.2 cm³/mol. The summed E-state index contributed by atoms with van der Waals surface area (Å²) in [6.45, 7) is 0. The highest BCUT2D eigenvalue weighted by molar-refractivity contribution is 6.01. The van der Waals surface area contributed by atoms with E-state index in [4.69, 9.17) is 5.73 Å². The van der Waals surface area contributed by atoms with E-state index in [9.17, 15) is 9.59 Å². The van der Waals surface area contributed by atoms with Crippen LogP contribution in [0, 0.1) is 0 Å². The summed E-state index contributed by atoms with van der Waals surface area (Å²) in [5, 5.41) is 2.56. The molecule has 0 spiro atoms. The van der Waals surface area contributed by atoms with Crippen LogP contribution in [0.3, 0.4) is 0 Å². The normalized spacial score (nSPS) is 10.5. The van der Waals surface area contributed by atoms with Gasteiger partial charge in [-0.1, -0.05) is 12.1 Å². The number of H-pyrrole nitrogens is 1. The van der Waals surface area contributed by atoms with Gasteiger partial charge in [0.1, 0.15) is 0 Å². The van der Waals surface area contributed by atoms with Gasteiger partial charge >= 0.3 is 0 Å². The van der Waals surface area contributed by atoms with Gasteiger partial charge in [-0.3, -0.25) is 14.9 Å². The number of amides is 2. The maximum absolute atomic E-state index is 11.5. The van der Waals surface area contributed by atoms with Gasteiger partial charge in [0.15, 0.2) is 0 Å². The lowest BCUT2D eigenvalue weighted by molar-refractivity contribution is -0.111. The number of carbonyl (C=O) groups is 2. The lowest BCUT2D eigenvalue weighted by atomic mass is 10.1. The molecule has 0 saturated carbocycles. The summed E-state index contributed by atoms with van der Waals surface area (Å²) in [7, 11) is 0. The second-order valence-corrected chi connectivity index (χ2v) is 3.75. The van der Waals surface area contributed by atoms with Crippen molar-refractivity contribution in [1.82, 2.24) is 9.97 Å². The van der Waals surface area contributed by atoms with Crippen molar-refractivity contribution in [2.45, 2.75) is 0 Å². The number of nitrogens with two attached hydrogens (primary N) is 1. The quantitative estimate of drug-likeness (QED) is 0.715. The van der Waals surface area contributed by atoms with E-state index in [-0.39, 0.29) is 5.91 Å². The van der Waals surface area contributed by atoms with Crippen LogP contribution in [0.2, 0.25) is 0 Å². The van der Waals surface area contributed by atoms with Crippen molar-refractivity contribution < 1.29 is 9.59 Å². The molecule has 2 aromatic rings. The minimum atomic E-state index is -0.480. The molecule has 6 nitrogen and oxygen atoms in total. The number of nitrogens with zero attached hydrogens (tertiary/aromatic N) is 1. The molecule has 96 valence electrons. The van der Waals surface area contributed by atoms with Gasteiger partial charge in [0.05, 0.1) is 0 Å². The first kappa shape index (κ1) is 12.6. The molecule has 1 heterocycles. The Labute approximate surface area is 109 Å². The highest BCUT2D eigenvalue weighted by atomic mass is 16.1. The van der Waals surface area contributed by atoms with Gasteiger partial charge in [-0.15, -0.1) is 0 Å². The van der Waals surface area contributed by atoms with Crippen LogP contribution in [0.1, 0.15) is 15.9 Å². The van der Waals surface area contributed by atoms with Crippen LogP contribution in [0.5, 0.6) is 0 Å². The van der Waals surface area contributed by atoms with Crippen molar-refractivity contribution in [2.24, 2.45) is 5.73 Å². The first-order chi connectivity index (χ1) is 9.15. The molecule has 4 N–H and O–H groups in total. The van der Waals surface area contributed by atoms with Crippen LogP contribution in [0.25, 0.3) is 6.08 Å². The summed E-state index contributed by atoms with van der Waals surface area (Å²) in [5.41, 5.74) is 6.35. The number of rotatable bonds is 4. The second kappa shape index (κ2) is 5.63. The zero-order valence-corrected chi connectivity index (χ0v) is 9.96. The zero-order valence-electron chi connectivity index (χ0n) is 9.96. The van der Waals surface area contributed by atoms with E-state index in [1.54, 1.807) is 42.7 Å². The third-order valence-corrected chi connectivity index (χ3v) is 2.36. The van der Waals surface area contributed by atoms with E-state index in [2.05, 4.69) is 15.3 Å². The van der Waals surface area contributed by atoms with E-state index >= 15 is 0 Å². The van der Waals surface area contributed by atoms with Crippen LogP contribution in [0.4, 0.5) is 5.95 Å². The van der Waals surface area contributed by atoms with E-state index in [0.29, 0.717) is 11.5 Å². The van der Waals surface area contributed by atoms with Gasteiger partial charge in [-0.25, -0.2) is 4.98 Å². The Morgan fingerprint density at radius 3 is 2.58 bits per heavy atom. The molecule has 0 bridgehead atoms. The third kappa shape index (κ3) is 3.53. The second-order valence-electron chi connectivity index (χ2n) is 3.75. The Morgan fingerprint density at radius 1 is 1.26 bits per heavy atom. The summed E-state index contributed by atoms with van der Waals surface area (Å²) >= 11 is 0. The van der Waals surface area contributed by atoms with E-state index < -0.39 is 5.91 Å². The number of nitrogens with one attached hydrogen (secondary N) is 2. The minimum Gasteiger partial charge on any atom is -0.366 e. The smallest absolute Gasteiger partial charge is 0.250 e. The summed E-state index contributed by atoms with van der Waals surface area (Å²) in [6.07, 6.45) is 6.16. The van der Waals surface area contributed by atoms with Gasteiger partial charge in [0.2, 0.25) is 11.9 Å². The third-order valence-electron chi connectivity index (χ3n) is 2.36. The number of hydrogen-bond donors (Lipinski definition) is 3. The van der Waals surface area contributed by atoms with Crippen molar-refractivity contribution in [3.8, 4) is 0 Å². The van der Waals surface area contributed by atoms with Crippen LogP contribution < -0.4 is 11.1 Å². The van der Waals surface area contributed by atoms with Crippen LogP contribution >= 0.6 is 0 Å². The summed E-state index contributed by atoms with van der Waals surface area (Å²) < 4.78 is 0. The Morgan fingerprint density at radius 2 is 2.00 bits per heavy atom. The molecular weight excluding hydrogens is 244 g/mol. The lowest BCUT2D eigenvalue weighted by Gasteiger charge is -1.97. The van der Waals surface area contributed by atoms with Crippen molar-refractivity contribution in [3.05, 3.63) is 53.9 Å². The molecule has 19 heavy (non-hydrogen) atoms. The molecule has 2 amide bonds. The van der Waals surface area contributed by atoms with Gasteiger partial charge < -0.3 is 10.7 Å². The Hall–Kier alpha value is -2.89. The number of hydrogen-bond acceptors (Lipinski definition) is 3. The van der Waals surface area contributed by atoms with Crippen molar-refractivity contribution in [1.29, 1.82) is 0 Å². The fourth-order valence-corrected chi connectivity index (χ4v) is 1.42. The number of aromatic amines is 1. The van der Waals surface area contributed by atoms with Gasteiger partial charge in [-0.2, -0.15) is 0 Å². The standard InChI is InChI=1S/C13H12N4O2/c14-12(19)10-4-1-9(2-5-10)3-6-11(18)17-13-15-7-8-16-13/h1-8H,(H2,14,19)(H2,15,16,17,18)/b6-3+. The molecule has 0 radical (unpaired) electrons. The molecule has 0 aliphatic rings. The van der Waals surface area contributed by atoms with Crippen LogP contribution in [-0.2, 0) is 4.79 Å². The van der Waals surface area contributed by atoms with Crippen molar-refractivity contribution in [2.75, 3.05) is 5.32 Å². The van der Waals surface area contributed by atoms with Crippen molar-refractivity contribution in [3.63, 3.8) is 0 Å². The number of benzene rings is 1. The molecule has 0 atom stereocenters. The molecule has 0 aliphatic carbocycles. The number of carbonyl (C=O) groups excluding carboxylic acids is 2. The maximum atomic E-state index is 11.5. The van der Waals surface area contributed by atoms with E-state index in [1.165, 1.54) is 6.08 Å². The zero-order chi connectivity index (χ0) is 13.7. The SMILES string of the molecule is NC(=O)c1ccc(/C=C/C(=O)Nc2ncc[nH]2)cc1. The highest BCUT2D eigenvalue weighted by Gasteiger charge is 2.00. The average Bonchev–Trinajstić information content (AvgIpc) is 2.89. The lowest BCUT2D eigenvalue weighted by Crippen LogP contribution is -2.10. The number of primary amides is 1.